The van der Waals surface area contributed by atoms with E-state index in [0.29, 0.717) is 22.7 Å². The number of amides is 12. The van der Waals surface area contributed by atoms with Crippen molar-refractivity contribution in [3.05, 3.63) is 66.8 Å². The predicted molar refractivity (Wildman–Crippen MR) is 374 cm³/mol. The molecule has 12 amide bonds. The summed E-state index contributed by atoms with van der Waals surface area (Å²) in [6.07, 6.45) is 1.89. The first-order valence-electron chi connectivity index (χ1n) is 34.2. The molecule has 0 radical (unpaired) electrons. The molecule has 2 aromatic rings. The number of aromatic amines is 1. The number of primary amides is 1. The second-order valence-corrected chi connectivity index (χ2v) is 27.1. The van der Waals surface area contributed by atoms with Gasteiger partial charge in [0.1, 0.15) is 66.5 Å². The normalized spacial score (nSPS) is 23.0. The van der Waals surface area contributed by atoms with Gasteiger partial charge in [-0.25, -0.2) is 4.98 Å². The molecule has 0 bridgehead atoms. The number of hydrogen-bond donors (Lipinski definition) is 17. The van der Waals surface area contributed by atoms with E-state index in [1.165, 1.54) is 24.3 Å². The molecule has 2 aliphatic heterocycles. The van der Waals surface area contributed by atoms with Crippen LogP contribution in [-0.4, -0.2) is 199 Å². The van der Waals surface area contributed by atoms with Gasteiger partial charge in [-0.2, -0.15) is 0 Å². The van der Waals surface area contributed by atoms with Gasteiger partial charge in [0.25, 0.3) is 0 Å². The second-order valence-electron chi connectivity index (χ2n) is 26.1. The SMILES string of the molecule is C=CC[C@H](C)[C@H](N)C1=N[C@H](C(=O)N[C@@H](CC(C)C)C(=O)N[C@H](CCC(=O)O)C(=O)N[C@H](C(=O)N[C@H]2CCCCNC(=O)[C@H](CC(N)=O)NC(=O)[C@@H](CC(=O)O)NC(=O)[C@H](Cc3cnc[nH]3)NC(=O)[C@@H](Cc3ccccc3)NC(=O)[C@H]([C@@H](C)CC)NC(=O)[C@@H](CCCN)NC2=O)[C@@H](C)CC)CS1. The Bertz CT molecular complexity index is 3210. The lowest BCUT2D eigenvalue weighted by Crippen LogP contribution is -2.62. The number of carbonyl (C=O) groups excluding carboxylic acids is 12. The van der Waals surface area contributed by atoms with Gasteiger partial charge in [-0.05, 0) is 87.1 Å². The quantitative estimate of drug-likeness (QED) is 0.0370. The van der Waals surface area contributed by atoms with Crippen LogP contribution in [-0.2, 0) is 80.0 Å². The molecule has 33 nitrogen and oxygen atoms in total. The van der Waals surface area contributed by atoms with Gasteiger partial charge in [0.15, 0.2) is 0 Å². The number of aliphatic imine (C=N–C) groups is 1. The van der Waals surface area contributed by atoms with Crippen LogP contribution in [0.1, 0.15) is 143 Å². The van der Waals surface area contributed by atoms with Crippen molar-refractivity contribution < 1.29 is 77.3 Å². The molecule has 558 valence electrons. The summed E-state index contributed by atoms with van der Waals surface area (Å²) in [7, 11) is 0. The second kappa shape index (κ2) is 42.7. The lowest BCUT2D eigenvalue weighted by atomic mass is 9.96. The van der Waals surface area contributed by atoms with Gasteiger partial charge >= 0.3 is 11.9 Å². The highest BCUT2D eigenvalue weighted by Crippen LogP contribution is 2.25. The summed E-state index contributed by atoms with van der Waals surface area (Å²) in [5.74, 6) is -15.6. The standard InChI is InChI=1S/C67H103N17O16S/c1-9-18-38(8)53(70)67-82-49(33-101-67)64(98)77-44(27-35(4)5)60(94)75-43(23-24-51(86)87)59(93)84-54(36(6)10-2)65(99)76-41-21-15-16-26-72-56(90)47(30-50(69)85)79-63(97)48(31-52(88)89)80-62(96)46(29-40-32-71-34-73-40)78-61(95)45(28-39-19-13-12-14-20-39)81-66(100)55(37(7)11-3)83-58(92)42(22-17-25-68)74-57(41)91/h9,12-14,19-20,32,34-38,41-49,53-55H,1,10-11,15-18,21-31,33,68,70H2,2-8H3,(H2,69,85)(H,71,73)(H,72,90)(H,74,91)(H,75,94)(H,76,99)(H,77,98)(H,78,95)(H,79,97)(H,80,96)(H,81,100)(H,83,92)(H,84,93)(H,86,87)(H,88,89)/t36-,37-,38-,41-,42+,43+,44-,45+,46-,47-,48+,49-,53-,54-,55-/m0/s1. The zero-order chi connectivity index (χ0) is 75.0. The molecular weight excluding hydrogens is 1330 g/mol. The number of nitrogens with two attached hydrogens (primary N) is 3. The van der Waals surface area contributed by atoms with Crippen LogP contribution in [0, 0.1) is 23.7 Å². The Kier molecular flexibility index (Phi) is 35.6. The molecule has 1 saturated heterocycles. The lowest BCUT2D eigenvalue weighted by molar-refractivity contribution is -0.142. The zero-order valence-corrected chi connectivity index (χ0v) is 59.3. The van der Waals surface area contributed by atoms with Crippen molar-refractivity contribution >= 4 is 99.6 Å². The molecule has 0 spiro atoms. The van der Waals surface area contributed by atoms with Crippen LogP contribution in [0.2, 0.25) is 0 Å². The fourth-order valence-corrected chi connectivity index (χ4v) is 12.2. The molecule has 34 heteroatoms. The van der Waals surface area contributed by atoms with Gasteiger partial charge in [0.05, 0.1) is 30.3 Å². The minimum atomic E-state index is -1.94. The van der Waals surface area contributed by atoms with Crippen LogP contribution in [0.5, 0.6) is 0 Å². The third-order valence-corrected chi connectivity index (χ3v) is 18.5. The maximum absolute atomic E-state index is 14.9. The summed E-state index contributed by atoms with van der Waals surface area (Å²) in [6, 6.07) is -8.48. The number of aliphatic carboxylic acids is 2. The molecule has 0 aliphatic carbocycles. The monoisotopic (exact) mass is 1430 g/mol. The van der Waals surface area contributed by atoms with Crippen LogP contribution in [0.15, 0.2) is 60.5 Å². The largest absolute Gasteiger partial charge is 0.481 e. The number of allylic oxidation sites excluding steroid dienone is 1. The lowest BCUT2D eigenvalue weighted by Gasteiger charge is -2.30. The summed E-state index contributed by atoms with van der Waals surface area (Å²) in [5.41, 5.74) is 18.7. The molecule has 1 fully saturated rings. The number of aromatic nitrogens is 2. The van der Waals surface area contributed by atoms with Crippen molar-refractivity contribution in [2.24, 2.45) is 45.9 Å². The smallest absolute Gasteiger partial charge is 0.305 e. The Morgan fingerprint density at radius 1 is 0.703 bits per heavy atom. The van der Waals surface area contributed by atoms with E-state index in [2.05, 4.69) is 80.0 Å². The van der Waals surface area contributed by atoms with E-state index in [9.17, 15) is 77.3 Å². The molecule has 101 heavy (non-hydrogen) atoms. The van der Waals surface area contributed by atoms with Crippen LogP contribution in [0.25, 0.3) is 0 Å². The van der Waals surface area contributed by atoms with Gasteiger partial charge in [-0.3, -0.25) is 72.1 Å². The molecule has 15 atom stereocenters. The van der Waals surface area contributed by atoms with Crippen molar-refractivity contribution in [1.29, 1.82) is 0 Å². The van der Waals surface area contributed by atoms with Crippen LogP contribution in [0.3, 0.4) is 0 Å². The molecule has 2 aliphatic rings. The number of carboxylic acids is 2. The molecule has 0 saturated carbocycles. The summed E-state index contributed by atoms with van der Waals surface area (Å²) >= 11 is 1.32. The molecule has 0 unspecified atom stereocenters. The topological polar surface area (TPSA) is 531 Å². The molecule has 20 N–H and O–H groups in total. The van der Waals surface area contributed by atoms with Crippen molar-refractivity contribution in [3.63, 3.8) is 0 Å². The number of hydrogen-bond acceptors (Lipinski definition) is 19. The van der Waals surface area contributed by atoms with E-state index >= 15 is 0 Å². The van der Waals surface area contributed by atoms with E-state index in [1.807, 2.05) is 6.92 Å². The van der Waals surface area contributed by atoms with Gasteiger partial charge in [0.2, 0.25) is 70.9 Å². The number of imidazole rings is 1. The number of carbonyl (C=O) groups is 14. The summed E-state index contributed by atoms with van der Waals surface area (Å²) in [4.78, 5) is 207. The summed E-state index contributed by atoms with van der Waals surface area (Å²) in [6.45, 7) is 15.8. The zero-order valence-electron chi connectivity index (χ0n) is 58.4. The first-order valence-corrected chi connectivity index (χ1v) is 35.2. The van der Waals surface area contributed by atoms with Crippen LogP contribution >= 0.6 is 11.8 Å². The average Bonchev–Trinajstić information content (AvgIpc) is 1.75. The first-order chi connectivity index (χ1) is 47.9. The Balaban J connectivity index is 1.77. The number of thioether (sulfide) groups is 1. The maximum atomic E-state index is 14.9. The van der Waals surface area contributed by atoms with E-state index in [0.717, 1.165) is 0 Å². The van der Waals surface area contributed by atoms with Gasteiger partial charge in [0, 0.05) is 43.5 Å². The molecule has 1 aromatic carbocycles. The van der Waals surface area contributed by atoms with Crippen molar-refractivity contribution in [1.82, 2.24) is 68.5 Å². The first kappa shape index (κ1) is 84.1. The van der Waals surface area contributed by atoms with Crippen LogP contribution < -0.4 is 75.7 Å². The number of H-pyrrole nitrogens is 1. The molecule has 3 heterocycles. The highest BCUT2D eigenvalue weighted by atomic mass is 32.2. The van der Waals surface area contributed by atoms with Gasteiger partial charge < -0.3 is 90.9 Å². The third kappa shape index (κ3) is 28.3. The highest BCUT2D eigenvalue weighted by molar-refractivity contribution is 8.14. The van der Waals surface area contributed by atoms with E-state index in [-0.39, 0.29) is 94.9 Å². The third-order valence-electron chi connectivity index (χ3n) is 17.4. The van der Waals surface area contributed by atoms with Gasteiger partial charge in [-0.1, -0.05) is 97.7 Å². The van der Waals surface area contributed by atoms with Crippen molar-refractivity contribution in [2.45, 2.75) is 217 Å². The maximum Gasteiger partial charge on any atom is 0.305 e. The number of nitrogens with zero attached hydrogens (tertiary/aromatic N) is 2. The summed E-state index contributed by atoms with van der Waals surface area (Å²) < 4.78 is 0. The number of nitrogens with one attached hydrogen (secondary N) is 12. The molecule has 1 aromatic heterocycles. The van der Waals surface area contributed by atoms with Crippen molar-refractivity contribution in [2.75, 3.05) is 18.8 Å². The van der Waals surface area contributed by atoms with Crippen LogP contribution in [0.4, 0.5) is 0 Å². The summed E-state index contributed by atoms with van der Waals surface area (Å²) in [5, 5.41) is 49.0. The van der Waals surface area contributed by atoms with E-state index < -0.39 is 193 Å². The highest BCUT2D eigenvalue weighted by Gasteiger charge is 2.40. The number of rotatable bonds is 32. The molecule has 4 rings (SSSR count). The van der Waals surface area contributed by atoms with Gasteiger partial charge in [-0.15, -0.1) is 18.3 Å². The molecular formula is C67H103N17O16S. The predicted octanol–water partition coefficient (Wildman–Crippen LogP) is -1.51. The minimum Gasteiger partial charge on any atom is -0.481 e. The fraction of sp³-hybridized carbons (Fsp3) is 0.612. The Morgan fingerprint density at radius 3 is 1.91 bits per heavy atom. The number of carboxylic acid groups (broad SMARTS) is 2. The van der Waals surface area contributed by atoms with Crippen molar-refractivity contribution in [3.8, 4) is 0 Å². The minimum absolute atomic E-state index is 0.00193. The average molecular weight is 1430 g/mol. The Labute approximate surface area is 591 Å². The Hall–Kier alpha value is -9.31. The van der Waals surface area contributed by atoms with E-state index in [1.54, 1.807) is 78.0 Å². The fourth-order valence-electron chi connectivity index (χ4n) is 11.0. The Morgan fingerprint density at radius 2 is 1.32 bits per heavy atom. The number of benzene rings is 1. The van der Waals surface area contributed by atoms with E-state index in [4.69, 9.17) is 17.2 Å².